The Morgan fingerprint density at radius 1 is 1.07 bits per heavy atom. The number of hydrogen-bond acceptors (Lipinski definition) is 5. The Labute approximate surface area is 157 Å². The first-order chi connectivity index (χ1) is 13.2. The lowest BCUT2D eigenvalue weighted by atomic mass is 10.1. The fourth-order valence-electron chi connectivity index (χ4n) is 3.43. The zero-order valence-corrected chi connectivity index (χ0v) is 15.3. The summed E-state index contributed by atoms with van der Waals surface area (Å²) in [5, 5.41) is 11.7. The van der Waals surface area contributed by atoms with Crippen LogP contribution in [0.25, 0.3) is 11.0 Å². The average Bonchev–Trinajstić information content (AvgIpc) is 3.13. The minimum absolute atomic E-state index is 0.0936. The Kier molecular flexibility index (Phi) is 5.13. The molecular weight excluding hydrogens is 342 g/mol. The monoisotopic (exact) mass is 365 g/mol. The van der Waals surface area contributed by atoms with E-state index in [-0.39, 0.29) is 11.9 Å². The average molecular weight is 365 g/mol. The van der Waals surface area contributed by atoms with Crippen molar-refractivity contribution < 1.29 is 9.53 Å². The van der Waals surface area contributed by atoms with E-state index in [2.05, 4.69) is 20.5 Å². The van der Waals surface area contributed by atoms with Gasteiger partial charge in [0.2, 0.25) is 0 Å². The van der Waals surface area contributed by atoms with Gasteiger partial charge in [0.05, 0.1) is 24.8 Å². The summed E-state index contributed by atoms with van der Waals surface area (Å²) in [5.74, 6) is -0.0936. The molecule has 1 aliphatic rings. The molecule has 1 amide bonds. The second kappa shape index (κ2) is 7.85. The lowest BCUT2D eigenvalue weighted by molar-refractivity contribution is -0.133. The Morgan fingerprint density at radius 2 is 1.78 bits per heavy atom. The molecule has 2 aromatic carbocycles. The zero-order valence-electron chi connectivity index (χ0n) is 15.3. The van der Waals surface area contributed by atoms with Gasteiger partial charge in [-0.3, -0.25) is 9.69 Å². The fraction of sp³-hybridized carbons (Fsp3) is 0.350. The van der Waals surface area contributed by atoms with Crippen molar-refractivity contribution in [1.29, 1.82) is 0 Å². The highest BCUT2D eigenvalue weighted by molar-refractivity contribution is 5.83. The van der Waals surface area contributed by atoms with Crippen LogP contribution in [0.2, 0.25) is 0 Å². The van der Waals surface area contributed by atoms with Gasteiger partial charge in [-0.2, -0.15) is 0 Å². The van der Waals surface area contributed by atoms with Crippen molar-refractivity contribution in [1.82, 2.24) is 25.2 Å². The topological polar surface area (TPSA) is 72.3 Å². The van der Waals surface area contributed by atoms with Gasteiger partial charge in [-0.05, 0) is 24.6 Å². The quantitative estimate of drug-likeness (QED) is 0.750. The van der Waals surface area contributed by atoms with Crippen molar-refractivity contribution in [2.24, 2.45) is 0 Å². The minimum Gasteiger partial charge on any atom is -0.379 e. The van der Waals surface area contributed by atoms with Gasteiger partial charge < -0.3 is 10.1 Å². The number of hydrogen-bond donors (Lipinski definition) is 1. The molecule has 1 N–H and O–H groups in total. The number of carbonyl (C=O) groups is 1. The first-order valence-corrected chi connectivity index (χ1v) is 9.21. The van der Waals surface area contributed by atoms with Gasteiger partial charge in [-0.25, -0.2) is 4.68 Å². The van der Waals surface area contributed by atoms with Crippen LogP contribution in [0.5, 0.6) is 0 Å². The van der Waals surface area contributed by atoms with Crippen molar-refractivity contribution >= 4 is 16.9 Å². The Balaban J connectivity index is 1.64. The van der Waals surface area contributed by atoms with E-state index in [1.54, 1.807) is 4.68 Å². The summed E-state index contributed by atoms with van der Waals surface area (Å²) in [6.45, 7) is 4.54. The van der Waals surface area contributed by atoms with E-state index in [0.29, 0.717) is 26.3 Å². The largest absolute Gasteiger partial charge is 0.379 e. The van der Waals surface area contributed by atoms with Crippen molar-refractivity contribution in [3.8, 4) is 0 Å². The molecule has 0 saturated carbocycles. The Hall–Kier alpha value is -2.77. The summed E-state index contributed by atoms with van der Waals surface area (Å²) >= 11 is 0. The summed E-state index contributed by atoms with van der Waals surface area (Å²) in [4.78, 5) is 15.4. The molecular formula is C20H23N5O2. The predicted molar refractivity (Wildman–Crippen MR) is 102 cm³/mol. The molecule has 1 aromatic heterocycles. The molecule has 0 radical (unpaired) electrons. The first kappa shape index (κ1) is 17.6. The van der Waals surface area contributed by atoms with Crippen LogP contribution in [0, 0.1) is 0 Å². The minimum atomic E-state index is -0.563. The number of aromatic nitrogens is 3. The molecule has 4 rings (SSSR count). The van der Waals surface area contributed by atoms with Crippen molar-refractivity contribution in [2.45, 2.75) is 19.1 Å². The van der Waals surface area contributed by atoms with Crippen LogP contribution in [-0.2, 0) is 9.53 Å². The maximum absolute atomic E-state index is 13.3. The first-order valence-electron chi connectivity index (χ1n) is 9.21. The number of para-hydroxylation sites is 1. The second-order valence-electron chi connectivity index (χ2n) is 6.69. The van der Waals surface area contributed by atoms with Crippen LogP contribution < -0.4 is 5.32 Å². The maximum atomic E-state index is 13.3. The molecule has 2 heterocycles. The third-order valence-electron chi connectivity index (χ3n) is 4.89. The second-order valence-corrected chi connectivity index (χ2v) is 6.69. The lowest BCUT2D eigenvalue weighted by Gasteiger charge is -2.34. The van der Waals surface area contributed by atoms with Gasteiger partial charge >= 0.3 is 0 Å². The highest BCUT2D eigenvalue weighted by Crippen LogP contribution is 2.22. The molecule has 140 valence electrons. The van der Waals surface area contributed by atoms with Crippen LogP contribution in [0.4, 0.5) is 0 Å². The number of ether oxygens (including phenoxy) is 1. The molecule has 1 aliphatic heterocycles. The maximum Gasteiger partial charge on any atom is 0.260 e. The number of nitrogens with zero attached hydrogens (tertiary/aromatic N) is 4. The normalized spacial score (nSPS) is 17.5. The molecule has 7 nitrogen and oxygen atoms in total. The highest BCUT2D eigenvalue weighted by Gasteiger charge is 2.32. The summed E-state index contributed by atoms with van der Waals surface area (Å²) < 4.78 is 7.18. The van der Waals surface area contributed by atoms with E-state index in [4.69, 9.17) is 4.74 Å². The van der Waals surface area contributed by atoms with Crippen molar-refractivity contribution in [3.05, 3.63) is 60.2 Å². The summed E-state index contributed by atoms with van der Waals surface area (Å²) in [6, 6.07) is 17.5. The number of nitrogens with one attached hydrogen (secondary N) is 1. The molecule has 2 unspecified atom stereocenters. The van der Waals surface area contributed by atoms with Gasteiger partial charge in [0.15, 0.2) is 6.17 Å². The number of carbonyl (C=O) groups excluding carboxylic acids is 1. The van der Waals surface area contributed by atoms with Crippen LogP contribution in [0.1, 0.15) is 24.7 Å². The number of rotatable bonds is 5. The number of amides is 1. The van der Waals surface area contributed by atoms with Crippen molar-refractivity contribution in [2.75, 3.05) is 26.3 Å². The Morgan fingerprint density at radius 3 is 2.56 bits per heavy atom. The van der Waals surface area contributed by atoms with E-state index < -0.39 is 6.17 Å². The fourth-order valence-corrected chi connectivity index (χ4v) is 3.43. The number of fused-ring (bicyclic) bond motifs is 1. The molecule has 2 atom stereocenters. The smallest absolute Gasteiger partial charge is 0.260 e. The van der Waals surface area contributed by atoms with Gasteiger partial charge in [-0.1, -0.05) is 47.7 Å². The lowest BCUT2D eigenvalue weighted by Crippen LogP contribution is -2.49. The van der Waals surface area contributed by atoms with Gasteiger partial charge in [0.1, 0.15) is 5.52 Å². The highest BCUT2D eigenvalue weighted by atomic mass is 16.5. The molecule has 7 heteroatoms. The van der Waals surface area contributed by atoms with E-state index in [9.17, 15) is 4.79 Å². The van der Waals surface area contributed by atoms with Gasteiger partial charge in [0, 0.05) is 13.1 Å². The van der Waals surface area contributed by atoms with Gasteiger partial charge in [0.25, 0.3) is 5.91 Å². The zero-order chi connectivity index (χ0) is 18.6. The van der Waals surface area contributed by atoms with E-state index in [0.717, 1.165) is 16.6 Å². The van der Waals surface area contributed by atoms with Crippen LogP contribution in [0.15, 0.2) is 54.6 Å². The summed E-state index contributed by atoms with van der Waals surface area (Å²) in [7, 11) is 0. The molecule has 3 aromatic rings. The van der Waals surface area contributed by atoms with E-state index in [1.165, 1.54) is 0 Å². The number of benzene rings is 2. The third-order valence-corrected chi connectivity index (χ3v) is 4.89. The van der Waals surface area contributed by atoms with E-state index in [1.807, 2.05) is 61.5 Å². The third kappa shape index (κ3) is 3.70. The van der Waals surface area contributed by atoms with Crippen LogP contribution in [0.3, 0.4) is 0 Å². The molecule has 0 aliphatic carbocycles. The summed E-state index contributed by atoms with van der Waals surface area (Å²) in [5.41, 5.74) is 2.69. The standard InChI is InChI=1S/C20H23N5O2/c1-15(16-7-3-2-4-8-16)21-19(26)20(24-11-13-27-14-12-24)25-18-10-6-5-9-17(18)22-23-25/h2-10,15,20H,11-14H2,1H3,(H,21,26). The summed E-state index contributed by atoms with van der Waals surface area (Å²) in [6.07, 6.45) is -0.563. The molecule has 1 fully saturated rings. The van der Waals surface area contributed by atoms with Crippen molar-refractivity contribution in [3.63, 3.8) is 0 Å². The predicted octanol–water partition coefficient (Wildman–Crippen LogP) is 2.14. The Bertz CT molecular complexity index is 905. The molecule has 0 bridgehead atoms. The molecule has 0 spiro atoms. The number of morpholine rings is 1. The molecule has 27 heavy (non-hydrogen) atoms. The molecule has 1 saturated heterocycles. The van der Waals surface area contributed by atoms with Crippen LogP contribution >= 0.6 is 0 Å². The van der Waals surface area contributed by atoms with E-state index >= 15 is 0 Å². The van der Waals surface area contributed by atoms with Crippen LogP contribution in [-0.4, -0.2) is 52.1 Å². The SMILES string of the molecule is CC(NC(=O)C(N1CCOCC1)n1nnc2ccccc21)c1ccccc1. The van der Waals surface area contributed by atoms with Gasteiger partial charge in [-0.15, -0.1) is 5.10 Å².